The molecular formula is C17H22ClFN2O2. The van der Waals surface area contributed by atoms with Crippen LogP contribution in [-0.2, 0) is 9.53 Å². The molecular weight excluding hydrogens is 319 g/mol. The minimum absolute atomic E-state index is 0.0590. The predicted molar refractivity (Wildman–Crippen MR) is 86.9 cm³/mol. The van der Waals surface area contributed by atoms with Crippen LogP contribution in [0.1, 0.15) is 31.4 Å². The molecule has 1 heterocycles. The van der Waals surface area contributed by atoms with Crippen molar-refractivity contribution in [2.24, 2.45) is 5.92 Å². The van der Waals surface area contributed by atoms with Gasteiger partial charge in [-0.25, -0.2) is 4.39 Å². The Morgan fingerprint density at radius 3 is 2.96 bits per heavy atom. The first-order valence-electron chi connectivity index (χ1n) is 8.13. The summed E-state index contributed by atoms with van der Waals surface area (Å²) in [6.07, 6.45) is 1.98. The fraction of sp³-hybridized carbons (Fsp3) is 0.588. The number of carbonyl (C=O) groups excluding carboxylic acids is 1. The molecule has 0 spiro atoms. The van der Waals surface area contributed by atoms with E-state index < -0.39 is 0 Å². The Labute approximate surface area is 140 Å². The second-order valence-electron chi connectivity index (χ2n) is 6.35. The third kappa shape index (κ3) is 4.03. The zero-order valence-corrected chi connectivity index (χ0v) is 14.0. The van der Waals surface area contributed by atoms with Crippen molar-refractivity contribution in [2.45, 2.75) is 31.9 Å². The number of halogens is 2. The van der Waals surface area contributed by atoms with Gasteiger partial charge >= 0.3 is 0 Å². The molecule has 1 aliphatic carbocycles. The lowest BCUT2D eigenvalue weighted by Crippen LogP contribution is -2.47. The van der Waals surface area contributed by atoms with E-state index in [1.807, 2.05) is 6.92 Å². The molecule has 126 valence electrons. The Balaban J connectivity index is 1.81. The molecule has 1 aromatic carbocycles. The number of benzene rings is 1. The van der Waals surface area contributed by atoms with E-state index in [0.29, 0.717) is 36.8 Å². The molecule has 1 aromatic rings. The summed E-state index contributed by atoms with van der Waals surface area (Å²) < 4.78 is 20.0. The molecule has 23 heavy (non-hydrogen) atoms. The number of rotatable bonds is 5. The summed E-state index contributed by atoms with van der Waals surface area (Å²) in [6, 6.07) is 4.43. The van der Waals surface area contributed by atoms with Crippen molar-refractivity contribution in [1.82, 2.24) is 10.2 Å². The minimum atomic E-state index is -0.331. The summed E-state index contributed by atoms with van der Waals surface area (Å²) in [7, 11) is 0. The van der Waals surface area contributed by atoms with Crippen LogP contribution in [0.25, 0.3) is 0 Å². The predicted octanol–water partition coefficient (Wildman–Crippen LogP) is 2.77. The van der Waals surface area contributed by atoms with Crippen molar-refractivity contribution >= 4 is 17.5 Å². The first-order valence-corrected chi connectivity index (χ1v) is 8.51. The second-order valence-corrected chi connectivity index (χ2v) is 6.75. The van der Waals surface area contributed by atoms with Crippen LogP contribution in [0.15, 0.2) is 18.2 Å². The molecule has 4 nitrogen and oxygen atoms in total. The van der Waals surface area contributed by atoms with Gasteiger partial charge in [-0.2, -0.15) is 0 Å². The van der Waals surface area contributed by atoms with Gasteiger partial charge in [0.1, 0.15) is 5.82 Å². The van der Waals surface area contributed by atoms with Gasteiger partial charge in [-0.15, -0.1) is 0 Å². The summed E-state index contributed by atoms with van der Waals surface area (Å²) in [6.45, 7) is 4.34. The highest BCUT2D eigenvalue weighted by Gasteiger charge is 2.33. The van der Waals surface area contributed by atoms with Gasteiger partial charge in [0.05, 0.1) is 18.8 Å². The summed E-state index contributed by atoms with van der Waals surface area (Å²) >= 11 is 6.26. The van der Waals surface area contributed by atoms with Crippen LogP contribution in [0.2, 0.25) is 5.02 Å². The molecule has 1 aliphatic heterocycles. The van der Waals surface area contributed by atoms with Crippen molar-refractivity contribution in [3.8, 4) is 0 Å². The van der Waals surface area contributed by atoms with E-state index in [4.69, 9.17) is 16.3 Å². The Kier molecular flexibility index (Phi) is 5.19. The van der Waals surface area contributed by atoms with E-state index in [2.05, 4.69) is 10.2 Å². The molecule has 1 saturated heterocycles. The van der Waals surface area contributed by atoms with Crippen molar-refractivity contribution in [3.05, 3.63) is 34.6 Å². The molecule has 1 amide bonds. The van der Waals surface area contributed by atoms with Gasteiger partial charge in [-0.1, -0.05) is 17.7 Å². The largest absolute Gasteiger partial charge is 0.376 e. The molecule has 0 aromatic heterocycles. The maximum Gasteiger partial charge on any atom is 0.223 e. The standard InChI is InChI=1S/C17H22ClFN2O2/c1-11-10-21(7-8-23-11)15(9-20-17(22)12-5-6-12)16-13(18)3-2-4-14(16)19/h2-4,11-12,15H,5-10H2,1H3,(H,20,22)/t11-,15-/m0/s1. The van der Waals surface area contributed by atoms with Crippen LogP contribution in [-0.4, -0.2) is 43.2 Å². The van der Waals surface area contributed by atoms with Crippen molar-refractivity contribution in [2.75, 3.05) is 26.2 Å². The summed E-state index contributed by atoms with van der Waals surface area (Å²) in [5, 5.41) is 3.36. The van der Waals surface area contributed by atoms with Crippen molar-refractivity contribution in [3.63, 3.8) is 0 Å². The van der Waals surface area contributed by atoms with Gasteiger partial charge in [0.2, 0.25) is 5.91 Å². The zero-order chi connectivity index (χ0) is 16.4. The van der Waals surface area contributed by atoms with Crippen molar-refractivity contribution in [1.29, 1.82) is 0 Å². The third-order valence-corrected chi connectivity index (χ3v) is 4.79. The Hall–Kier alpha value is -1.17. The smallest absolute Gasteiger partial charge is 0.223 e. The van der Waals surface area contributed by atoms with E-state index in [1.165, 1.54) is 6.07 Å². The first-order chi connectivity index (χ1) is 11.1. The molecule has 0 bridgehead atoms. The lowest BCUT2D eigenvalue weighted by atomic mass is 10.0. The van der Waals surface area contributed by atoms with E-state index in [0.717, 1.165) is 12.8 Å². The van der Waals surface area contributed by atoms with Gasteiger partial charge < -0.3 is 10.1 Å². The second kappa shape index (κ2) is 7.16. The van der Waals surface area contributed by atoms with Crippen LogP contribution in [0, 0.1) is 11.7 Å². The average molecular weight is 341 g/mol. The molecule has 3 rings (SSSR count). The Bertz CT molecular complexity index is 559. The lowest BCUT2D eigenvalue weighted by Gasteiger charge is -2.38. The van der Waals surface area contributed by atoms with E-state index in [9.17, 15) is 9.18 Å². The quantitative estimate of drug-likeness (QED) is 0.896. The SMILES string of the molecule is C[C@H]1CN([C@@H](CNC(=O)C2CC2)c2c(F)cccc2Cl)CCO1. The van der Waals surface area contributed by atoms with E-state index >= 15 is 0 Å². The number of amides is 1. The van der Waals surface area contributed by atoms with Gasteiger partial charge in [0, 0.05) is 36.1 Å². The monoisotopic (exact) mass is 340 g/mol. The molecule has 1 N–H and O–H groups in total. The van der Waals surface area contributed by atoms with Crippen LogP contribution in [0.5, 0.6) is 0 Å². The molecule has 1 saturated carbocycles. The summed E-state index contributed by atoms with van der Waals surface area (Å²) in [5.74, 6) is -0.138. The number of hydrogen-bond acceptors (Lipinski definition) is 3. The van der Waals surface area contributed by atoms with Crippen LogP contribution in [0.4, 0.5) is 4.39 Å². The van der Waals surface area contributed by atoms with Crippen LogP contribution >= 0.6 is 11.6 Å². The van der Waals surface area contributed by atoms with Crippen LogP contribution < -0.4 is 5.32 Å². The fourth-order valence-electron chi connectivity index (χ4n) is 3.06. The topological polar surface area (TPSA) is 41.6 Å². The van der Waals surface area contributed by atoms with Gasteiger partial charge in [0.15, 0.2) is 0 Å². The molecule has 6 heteroatoms. The Morgan fingerprint density at radius 2 is 2.30 bits per heavy atom. The minimum Gasteiger partial charge on any atom is -0.376 e. The molecule has 0 unspecified atom stereocenters. The molecule has 2 atom stereocenters. The van der Waals surface area contributed by atoms with Crippen molar-refractivity contribution < 1.29 is 13.9 Å². The highest BCUT2D eigenvalue weighted by molar-refractivity contribution is 6.31. The maximum atomic E-state index is 14.4. The number of ether oxygens (including phenoxy) is 1. The molecule has 2 fully saturated rings. The van der Waals surface area contributed by atoms with Gasteiger partial charge in [-0.05, 0) is 31.9 Å². The number of nitrogens with zero attached hydrogens (tertiary/aromatic N) is 1. The molecule has 0 radical (unpaired) electrons. The van der Waals surface area contributed by atoms with Crippen LogP contribution in [0.3, 0.4) is 0 Å². The number of nitrogens with one attached hydrogen (secondary N) is 1. The third-order valence-electron chi connectivity index (χ3n) is 4.46. The lowest BCUT2D eigenvalue weighted by molar-refractivity contribution is -0.122. The number of morpholine rings is 1. The first kappa shape index (κ1) is 16.7. The molecule has 2 aliphatic rings. The normalized spacial score (nSPS) is 23.5. The maximum absolute atomic E-state index is 14.4. The summed E-state index contributed by atoms with van der Waals surface area (Å²) in [5.41, 5.74) is 0.458. The van der Waals surface area contributed by atoms with Gasteiger partial charge in [-0.3, -0.25) is 9.69 Å². The fourth-order valence-corrected chi connectivity index (χ4v) is 3.35. The number of hydrogen-bond donors (Lipinski definition) is 1. The van der Waals surface area contributed by atoms with E-state index in [-0.39, 0.29) is 29.8 Å². The average Bonchev–Trinajstić information content (AvgIpc) is 3.34. The highest BCUT2D eigenvalue weighted by Crippen LogP contribution is 2.32. The highest BCUT2D eigenvalue weighted by atomic mass is 35.5. The zero-order valence-electron chi connectivity index (χ0n) is 13.2. The van der Waals surface area contributed by atoms with Gasteiger partial charge in [0.25, 0.3) is 0 Å². The van der Waals surface area contributed by atoms with E-state index in [1.54, 1.807) is 12.1 Å². The Morgan fingerprint density at radius 1 is 1.52 bits per heavy atom. The summed E-state index contributed by atoms with van der Waals surface area (Å²) in [4.78, 5) is 14.1. The number of carbonyl (C=O) groups is 1.